The van der Waals surface area contributed by atoms with Gasteiger partial charge >= 0.3 is 0 Å². The number of oxazole rings is 1. The van der Waals surface area contributed by atoms with Crippen LogP contribution in [0.5, 0.6) is 0 Å². The largest absolute Gasteiger partial charge is 0.432 e. The van der Waals surface area contributed by atoms with Gasteiger partial charge in [0.2, 0.25) is 0 Å². The van der Waals surface area contributed by atoms with Crippen molar-refractivity contribution in [3.8, 4) is 0 Å². The van der Waals surface area contributed by atoms with Crippen LogP contribution in [-0.2, 0) is 0 Å². The lowest BCUT2D eigenvalue weighted by molar-refractivity contribution is 0.0261. The Labute approximate surface area is 84.3 Å². The molecule has 1 aromatic heterocycles. The van der Waals surface area contributed by atoms with Gasteiger partial charge in [-0.3, -0.25) is 0 Å². The smallest absolute Gasteiger partial charge is 0.294 e. The van der Waals surface area contributed by atoms with E-state index in [2.05, 4.69) is 10.3 Å². The van der Waals surface area contributed by atoms with Crippen molar-refractivity contribution in [2.75, 3.05) is 11.9 Å². The van der Waals surface area contributed by atoms with Crippen LogP contribution in [0.1, 0.15) is 26.5 Å². The van der Waals surface area contributed by atoms with Crippen molar-refractivity contribution in [2.45, 2.75) is 33.3 Å². The van der Waals surface area contributed by atoms with Crippen LogP contribution in [0.25, 0.3) is 0 Å². The first-order valence-electron chi connectivity index (χ1n) is 4.80. The molecule has 2 N–H and O–H groups in total. The molecule has 0 fully saturated rings. The monoisotopic (exact) mass is 198 g/mol. The van der Waals surface area contributed by atoms with Crippen molar-refractivity contribution < 1.29 is 9.52 Å². The molecule has 0 saturated heterocycles. The van der Waals surface area contributed by atoms with Gasteiger partial charge in [0.25, 0.3) is 6.01 Å². The molecule has 0 amide bonds. The van der Waals surface area contributed by atoms with Crippen molar-refractivity contribution in [3.05, 3.63) is 12.0 Å². The predicted molar refractivity (Wildman–Crippen MR) is 55.2 cm³/mol. The maximum atomic E-state index is 9.93. The number of anilines is 1. The quantitative estimate of drug-likeness (QED) is 0.774. The topological polar surface area (TPSA) is 58.3 Å². The molecule has 1 atom stereocenters. The second-order valence-corrected chi connectivity index (χ2v) is 4.16. The van der Waals surface area contributed by atoms with Crippen molar-refractivity contribution in [2.24, 2.45) is 5.92 Å². The molecule has 0 saturated carbocycles. The van der Waals surface area contributed by atoms with Gasteiger partial charge in [-0.25, -0.2) is 0 Å². The molecule has 0 bridgehead atoms. The molecule has 0 aliphatic carbocycles. The fourth-order valence-electron chi connectivity index (χ4n) is 0.894. The van der Waals surface area contributed by atoms with Gasteiger partial charge in [-0.2, -0.15) is 4.98 Å². The van der Waals surface area contributed by atoms with Crippen LogP contribution in [0.2, 0.25) is 0 Å². The highest BCUT2D eigenvalue weighted by Gasteiger charge is 2.24. The molecule has 1 heterocycles. The van der Waals surface area contributed by atoms with E-state index < -0.39 is 5.60 Å². The van der Waals surface area contributed by atoms with Crippen LogP contribution in [0.3, 0.4) is 0 Å². The summed E-state index contributed by atoms with van der Waals surface area (Å²) < 4.78 is 5.11. The summed E-state index contributed by atoms with van der Waals surface area (Å²) in [5, 5.41) is 12.9. The SMILES string of the molecule is Cc1coc(NCC(C)(O)C(C)C)n1. The van der Waals surface area contributed by atoms with Gasteiger partial charge in [-0.05, 0) is 19.8 Å². The number of aromatic nitrogens is 1. The van der Waals surface area contributed by atoms with Crippen LogP contribution < -0.4 is 5.32 Å². The van der Waals surface area contributed by atoms with E-state index in [1.165, 1.54) is 0 Å². The number of nitrogens with zero attached hydrogens (tertiary/aromatic N) is 1. The molecule has 14 heavy (non-hydrogen) atoms. The number of aliphatic hydroxyl groups is 1. The van der Waals surface area contributed by atoms with Crippen LogP contribution in [0.4, 0.5) is 6.01 Å². The molecule has 0 radical (unpaired) electrons. The number of hydrogen-bond acceptors (Lipinski definition) is 4. The zero-order chi connectivity index (χ0) is 10.8. The van der Waals surface area contributed by atoms with Crippen LogP contribution in [-0.4, -0.2) is 22.2 Å². The summed E-state index contributed by atoms with van der Waals surface area (Å²) >= 11 is 0. The normalized spacial score (nSPS) is 15.6. The maximum absolute atomic E-state index is 9.93. The Balaban J connectivity index is 2.48. The molecule has 0 spiro atoms. The fraction of sp³-hybridized carbons (Fsp3) is 0.700. The molecule has 0 aliphatic rings. The molecule has 1 aromatic rings. The standard InChI is InChI=1S/C10H18N2O2/c1-7(2)10(4,13)6-11-9-12-8(3)5-14-9/h5,7,13H,6H2,1-4H3,(H,11,12). The molecule has 0 aromatic carbocycles. The Morgan fingerprint density at radius 1 is 1.64 bits per heavy atom. The summed E-state index contributed by atoms with van der Waals surface area (Å²) in [5.74, 6) is 0.186. The lowest BCUT2D eigenvalue weighted by atomic mass is 9.93. The van der Waals surface area contributed by atoms with E-state index in [4.69, 9.17) is 4.42 Å². The van der Waals surface area contributed by atoms with Gasteiger partial charge in [0, 0.05) is 6.54 Å². The number of hydrogen-bond donors (Lipinski definition) is 2. The van der Waals surface area contributed by atoms with E-state index in [1.807, 2.05) is 20.8 Å². The summed E-state index contributed by atoms with van der Waals surface area (Å²) in [4.78, 5) is 4.08. The average molecular weight is 198 g/mol. The van der Waals surface area contributed by atoms with Gasteiger partial charge in [0.15, 0.2) is 0 Å². The van der Waals surface area contributed by atoms with E-state index in [9.17, 15) is 5.11 Å². The molecular weight excluding hydrogens is 180 g/mol. The first-order chi connectivity index (χ1) is 6.42. The van der Waals surface area contributed by atoms with E-state index in [0.717, 1.165) is 5.69 Å². The first kappa shape index (κ1) is 11.0. The molecular formula is C10H18N2O2. The number of nitrogens with one attached hydrogen (secondary N) is 1. The number of rotatable bonds is 4. The minimum atomic E-state index is -0.748. The Kier molecular flexibility index (Phi) is 3.16. The van der Waals surface area contributed by atoms with Crippen molar-refractivity contribution in [3.63, 3.8) is 0 Å². The minimum Gasteiger partial charge on any atom is -0.432 e. The van der Waals surface area contributed by atoms with Gasteiger partial charge in [0.05, 0.1) is 11.3 Å². The van der Waals surface area contributed by atoms with Crippen molar-refractivity contribution in [1.29, 1.82) is 0 Å². The van der Waals surface area contributed by atoms with E-state index in [-0.39, 0.29) is 5.92 Å². The third kappa shape index (κ3) is 2.73. The second kappa shape index (κ2) is 4.00. The Bertz CT molecular complexity index is 292. The molecule has 4 nitrogen and oxygen atoms in total. The van der Waals surface area contributed by atoms with Gasteiger partial charge < -0.3 is 14.8 Å². The third-order valence-electron chi connectivity index (χ3n) is 2.46. The summed E-state index contributed by atoms with van der Waals surface area (Å²) in [6, 6.07) is 0.462. The maximum Gasteiger partial charge on any atom is 0.294 e. The van der Waals surface area contributed by atoms with Gasteiger partial charge in [-0.15, -0.1) is 0 Å². The highest BCUT2D eigenvalue weighted by molar-refractivity contribution is 5.21. The molecule has 80 valence electrons. The predicted octanol–water partition coefficient (Wildman–Crippen LogP) is 1.80. The Morgan fingerprint density at radius 2 is 2.29 bits per heavy atom. The van der Waals surface area contributed by atoms with Crippen molar-refractivity contribution in [1.82, 2.24) is 4.98 Å². The Hall–Kier alpha value is -1.03. The first-order valence-corrected chi connectivity index (χ1v) is 4.80. The average Bonchev–Trinajstić information content (AvgIpc) is 2.48. The molecule has 0 aliphatic heterocycles. The molecule has 4 heteroatoms. The van der Waals surface area contributed by atoms with Crippen LogP contribution in [0, 0.1) is 12.8 Å². The second-order valence-electron chi connectivity index (χ2n) is 4.16. The highest BCUT2D eigenvalue weighted by Crippen LogP contribution is 2.17. The van der Waals surface area contributed by atoms with E-state index in [0.29, 0.717) is 12.6 Å². The summed E-state index contributed by atoms with van der Waals surface area (Å²) in [6.07, 6.45) is 1.58. The third-order valence-corrected chi connectivity index (χ3v) is 2.46. The highest BCUT2D eigenvalue weighted by atomic mass is 16.4. The zero-order valence-corrected chi connectivity index (χ0v) is 9.16. The lowest BCUT2D eigenvalue weighted by Crippen LogP contribution is -2.38. The zero-order valence-electron chi connectivity index (χ0n) is 9.16. The van der Waals surface area contributed by atoms with Crippen molar-refractivity contribution >= 4 is 6.01 Å². The minimum absolute atomic E-state index is 0.186. The van der Waals surface area contributed by atoms with E-state index in [1.54, 1.807) is 13.2 Å². The van der Waals surface area contributed by atoms with Gasteiger partial charge in [-0.1, -0.05) is 13.8 Å². The van der Waals surface area contributed by atoms with Gasteiger partial charge in [0.1, 0.15) is 6.26 Å². The Morgan fingerprint density at radius 3 is 2.71 bits per heavy atom. The van der Waals surface area contributed by atoms with Crippen LogP contribution >= 0.6 is 0 Å². The molecule has 1 unspecified atom stereocenters. The van der Waals surface area contributed by atoms with Crippen LogP contribution in [0.15, 0.2) is 10.7 Å². The summed E-state index contributed by atoms with van der Waals surface area (Å²) in [5.41, 5.74) is 0.0826. The lowest BCUT2D eigenvalue weighted by Gasteiger charge is -2.27. The van der Waals surface area contributed by atoms with E-state index >= 15 is 0 Å². The summed E-state index contributed by atoms with van der Waals surface area (Å²) in [6.45, 7) is 8.03. The fourth-order valence-corrected chi connectivity index (χ4v) is 0.894. The molecule has 1 rings (SSSR count). The number of aryl methyl sites for hydroxylation is 1. The summed E-state index contributed by atoms with van der Waals surface area (Å²) in [7, 11) is 0.